The van der Waals surface area contributed by atoms with Crippen LogP contribution < -0.4 is 0 Å². The average molecular weight is 447 g/mol. The molecule has 0 aromatic carbocycles. The van der Waals surface area contributed by atoms with Crippen LogP contribution in [0, 0.1) is 23.7 Å². The highest BCUT2D eigenvalue weighted by Gasteiger charge is 2.76. The van der Waals surface area contributed by atoms with Crippen molar-refractivity contribution in [2.75, 3.05) is 0 Å². The number of carbonyl (C=O) groups is 2. The molecule has 1 heterocycles. The Kier molecular flexibility index (Phi) is 9.76. The van der Waals surface area contributed by atoms with Crippen LogP contribution in [-0.2, 0) is 14.3 Å². The molecule has 2 unspecified atom stereocenters. The SMILES string of the molecule is CC1=C(C)C(=O)C2(CC[C@H](C)CCC[C@H](C)CCC[C@H](C)CCCC(C)C)OC2(C)C1=O. The fourth-order valence-electron chi connectivity index (χ4n) is 5.61. The quantitative estimate of drug-likeness (QED) is 0.240. The minimum atomic E-state index is -0.909. The van der Waals surface area contributed by atoms with E-state index < -0.39 is 11.2 Å². The summed E-state index contributed by atoms with van der Waals surface area (Å²) in [6.07, 6.45) is 13.6. The molecule has 0 spiro atoms. The van der Waals surface area contributed by atoms with Gasteiger partial charge >= 0.3 is 0 Å². The summed E-state index contributed by atoms with van der Waals surface area (Å²) in [5.41, 5.74) is -0.604. The highest BCUT2D eigenvalue weighted by molar-refractivity contribution is 6.22. The molecule has 5 atom stereocenters. The summed E-state index contributed by atoms with van der Waals surface area (Å²) in [7, 11) is 0. The molecule has 32 heavy (non-hydrogen) atoms. The monoisotopic (exact) mass is 446 g/mol. The van der Waals surface area contributed by atoms with Crippen LogP contribution in [0.1, 0.15) is 126 Å². The molecule has 1 aliphatic carbocycles. The number of fused-ring (bicyclic) bond motifs is 1. The molecular formula is C29H50O3. The topological polar surface area (TPSA) is 46.7 Å². The maximum absolute atomic E-state index is 12.9. The highest BCUT2D eigenvalue weighted by Crippen LogP contribution is 2.57. The first-order valence-electron chi connectivity index (χ1n) is 13.4. The Morgan fingerprint density at radius 1 is 0.656 bits per heavy atom. The summed E-state index contributed by atoms with van der Waals surface area (Å²) < 4.78 is 5.87. The van der Waals surface area contributed by atoms with Crippen molar-refractivity contribution in [1.29, 1.82) is 0 Å². The zero-order valence-electron chi connectivity index (χ0n) is 22.3. The van der Waals surface area contributed by atoms with Gasteiger partial charge in [-0.15, -0.1) is 0 Å². The number of hydrogen-bond acceptors (Lipinski definition) is 3. The lowest BCUT2D eigenvalue weighted by molar-refractivity contribution is -0.124. The number of ketones is 2. The zero-order chi connectivity index (χ0) is 24.1. The average Bonchev–Trinajstić information content (AvgIpc) is 3.36. The molecule has 1 saturated heterocycles. The molecule has 0 N–H and O–H groups in total. The Bertz CT molecular complexity index is 691. The second kappa shape index (κ2) is 11.4. The Labute approximate surface area is 198 Å². The van der Waals surface area contributed by atoms with E-state index in [2.05, 4.69) is 34.6 Å². The molecule has 184 valence electrons. The molecule has 0 aromatic heterocycles. The van der Waals surface area contributed by atoms with E-state index in [1.54, 1.807) is 20.8 Å². The lowest BCUT2D eigenvalue weighted by atomic mass is 9.73. The van der Waals surface area contributed by atoms with Gasteiger partial charge in [-0.05, 0) is 57.3 Å². The van der Waals surface area contributed by atoms with E-state index in [-0.39, 0.29) is 11.6 Å². The summed E-state index contributed by atoms with van der Waals surface area (Å²) >= 11 is 0. The van der Waals surface area contributed by atoms with E-state index in [0.29, 0.717) is 23.5 Å². The highest BCUT2D eigenvalue weighted by atomic mass is 16.6. The normalized spacial score (nSPS) is 28.2. The van der Waals surface area contributed by atoms with E-state index >= 15 is 0 Å². The molecule has 1 fully saturated rings. The molecule has 1 aliphatic heterocycles. The van der Waals surface area contributed by atoms with Gasteiger partial charge in [0.25, 0.3) is 0 Å². The van der Waals surface area contributed by atoms with Gasteiger partial charge in [-0.25, -0.2) is 0 Å². The van der Waals surface area contributed by atoms with Crippen molar-refractivity contribution in [3.8, 4) is 0 Å². The smallest absolute Gasteiger partial charge is 0.194 e. The fraction of sp³-hybridized carbons (Fsp3) is 0.862. The van der Waals surface area contributed by atoms with Crippen LogP contribution in [0.2, 0.25) is 0 Å². The van der Waals surface area contributed by atoms with Crippen LogP contribution in [0.25, 0.3) is 0 Å². The Morgan fingerprint density at radius 2 is 1.06 bits per heavy atom. The molecule has 0 amide bonds. The molecule has 0 radical (unpaired) electrons. The molecule has 3 heteroatoms. The Balaban J connectivity index is 1.62. The van der Waals surface area contributed by atoms with Crippen molar-refractivity contribution in [1.82, 2.24) is 0 Å². The van der Waals surface area contributed by atoms with Gasteiger partial charge in [0, 0.05) is 11.1 Å². The molecule has 2 rings (SSSR count). The van der Waals surface area contributed by atoms with Gasteiger partial charge in [0.15, 0.2) is 22.8 Å². The van der Waals surface area contributed by atoms with Crippen LogP contribution in [0.15, 0.2) is 11.1 Å². The number of carbonyl (C=O) groups excluding carboxylic acids is 2. The van der Waals surface area contributed by atoms with Crippen LogP contribution in [0.5, 0.6) is 0 Å². The fourth-order valence-corrected chi connectivity index (χ4v) is 5.61. The predicted molar refractivity (Wildman–Crippen MR) is 134 cm³/mol. The van der Waals surface area contributed by atoms with Crippen molar-refractivity contribution in [3.05, 3.63) is 11.1 Å². The summed E-state index contributed by atoms with van der Waals surface area (Å²) in [6.45, 7) is 17.1. The Hall–Kier alpha value is -0.960. The van der Waals surface area contributed by atoms with Crippen LogP contribution in [-0.4, -0.2) is 22.8 Å². The summed E-state index contributed by atoms with van der Waals surface area (Å²) in [5.74, 6) is 3.10. The zero-order valence-corrected chi connectivity index (χ0v) is 22.3. The molecule has 3 nitrogen and oxygen atoms in total. The second-order valence-corrected chi connectivity index (χ2v) is 11.9. The summed E-state index contributed by atoms with van der Waals surface area (Å²) in [6, 6.07) is 0. The van der Waals surface area contributed by atoms with Crippen LogP contribution >= 0.6 is 0 Å². The first-order valence-corrected chi connectivity index (χ1v) is 13.4. The minimum Gasteiger partial charge on any atom is -0.345 e. The maximum atomic E-state index is 12.9. The summed E-state index contributed by atoms with van der Waals surface area (Å²) in [5, 5.41) is 0. The Morgan fingerprint density at radius 3 is 1.53 bits per heavy atom. The molecule has 0 aromatic rings. The predicted octanol–water partition coefficient (Wildman–Crippen LogP) is 7.86. The van der Waals surface area contributed by atoms with Crippen LogP contribution in [0.4, 0.5) is 0 Å². The van der Waals surface area contributed by atoms with Gasteiger partial charge in [-0.1, -0.05) is 92.4 Å². The van der Waals surface area contributed by atoms with E-state index in [0.717, 1.165) is 24.2 Å². The number of epoxide rings is 1. The lowest BCUT2D eigenvalue weighted by Crippen LogP contribution is -2.43. The van der Waals surface area contributed by atoms with Gasteiger partial charge in [0.2, 0.25) is 0 Å². The van der Waals surface area contributed by atoms with Gasteiger partial charge < -0.3 is 4.74 Å². The van der Waals surface area contributed by atoms with E-state index in [4.69, 9.17) is 4.74 Å². The van der Waals surface area contributed by atoms with E-state index in [1.165, 1.54) is 57.8 Å². The maximum Gasteiger partial charge on any atom is 0.194 e. The summed E-state index contributed by atoms with van der Waals surface area (Å²) in [4.78, 5) is 25.5. The number of rotatable bonds is 15. The molecule has 0 saturated carbocycles. The minimum absolute atomic E-state index is 0.00492. The van der Waals surface area contributed by atoms with Gasteiger partial charge in [0.1, 0.15) is 0 Å². The second-order valence-electron chi connectivity index (χ2n) is 11.9. The van der Waals surface area contributed by atoms with Gasteiger partial charge in [-0.3, -0.25) is 9.59 Å². The van der Waals surface area contributed by atoms with Crippen molar-refractivity contribution in [2.45, 2.75) is 137 Å². The van der Waals surface area contributed by atoms with E-state index in [9.17, 15) is 9.59 Å². The largest absolute Gasteiger partial charge is 0.345 e. The van der Waals surface area contributed by atoms with Crippen molar-refractivity contribution in [3.63, 3.8) is 0 Å². The lowest BCUT2D eigenvalue weighted by Gasteiger charge is -2.23. The standard InChI is InChI=1S/C29H50O3/c1-20(2)12-9-13-21(3)14-10-15-22(4)16-11-17-23(5)18-19-29-27(31)25(7)24(6)26(30)28(29,8)32-29/h20-23H,9-19H2,1-8H3/t21-,22-,23-,28?,29?/m1/s1. The van der Waals surface area contributed by atoms with Gasteiger partial charge in [-0.2, -0.15) is 0 Å². The third kappa shape index (κ3) is 6.33. The van der Waals surface area contributed by atoms with Crippen LogP contribution in [0.3, 0.4) is 0 Å². The van der Waals surface area contributed by atoms with Crippen molar-refractivity contribution < 1.29 is 14.3 Å². The number of Topliss-reactive ketones (excluding diaryl/α,β-unsaturated/α-hetero) is 2. The third-order valence-corrected chi connectivity index (χ3v) is 8.41. The van der Waals surface area contributed by atoms with Gasteiger partial charge in [0.05, 0.1) is 0 Å². The van der Waals surface area contributed by atoms with E-state index in [1.807, 2.05) is 0 Å². The molecule has 2 aliphatic rings. The first-order chi connectivity index (χ1) is 14.9. The number of hydrogen-bond donors (Lipinski definition) is 0. The first kappa shape index (κ1) is 27.3. The van der Waals surface area contributed by atoms with Crippen molar-refractivity contribution >= 4 is 11.6 Å². The number of ether oxygens (including phenoxy) is 1. The molecular weight excluding hydrogens is 396 g/mol. The third-order valence-electron chi connectivity index (χ3n) is 8.41. The molecule has 0 bridgehead atoms. The van der Waals surface area contributed by atoms with Crippen molar-refractivity contribution in [2.24, 2.45) is 23.7 Å².